The van der Waals surface area contributed by atoms with Gasteiger partial charge in [-0.2, -0.15) is 0 Å². The van der Waals surface area contributed by atoms with Crippen LogP contribution in [0, 0.1) is 11.8 Å². The number of hydrogen-bond donors (Lipinski definition) is 3. The molecule has 28 heavy (non-hydrogen) atoms. The van der Waals surface area contributed by atoms with Crippen LogP contribution in [0.4, 0.5) is 0 Å². The summed E-state index contributed by atoms with van der Waals surface area (Å²) in [7, 11) is 1.79. The second kappa shape index (κ2) is 12.1. The Labute approximate surface area is 168 Å². The fraction of sp³-hybridized carbons (Fsp3) is 0.545. The number of ether oxygens (including phenoxy) is 1. The summed E-state index contributed by atoms with van der Waals surface area (Å²) in [5, 5.41) is 14.9. The first-order valence-corrected chi connectivity index (χ1v) is 9.88. The molecule has 2 atom stereocenters. The molecule has 0 saturated heterocycles. The largest absolute Gasteiger partial charge is 0.493 e. The number of rotatable bonds is 13. The predicted octanol–water partition coefficient (Wildman–Crippen LogP) is 3.68. The van der Waals surface area contributed by atoms with Crippen molar-refractivity contribution in [3.8, 4) is 5.75 Å². The molecular weight excluding hydrogens is 356 g/mol. The number of carbonyl (C=O) groups excluding carboxylic acids is 1. The molecule has 3 N–H and O–H groups in total. The number of hydrogen-bond acceptors (Lipinski definition) is 4. The molecule has 1 rings (SSSR count). The number of carbonyl (C=O) groups is 2. The number of nitrogens with one attached hydrogen (secondary N) is 2. The first kappa shape index (κ1) is 23.5. The maximum atomic E-state index is 11.3. The van der Waals surface area contributed by atoms with Crippen LogP contribution in [0.5, 0.6) is 5.75 Å². The van der Waals surface area contributed by atoms with Crippen LogP contribution in [0.1, 0.15) is 57.7 Å². The topological polar surface area (TPSA) is 87.7 Å². The van der Waals surface area contributed by atoms with Crippen molar-refractivity contribution in [3.05, 3.63) is 41.1 Å². The molecular formula is C22H34N2O4. The molecule has 0 heterocycles. The van der Waals surface area contributed by atoms with Crippen molar-refractivity contribution in [3.63, 3.8) is 0 Å². The lowest BCUT2D eigenvalue weighted by Crippen LogP contribution is -2.26. The number of aliphatic carboxylic acids is 1. The van der Waals surface area contributed by atoms with Gasteiger partial charge >= 0.3 is 5.97 Å². The van der Waals surface area contributed by atoms with E-state index in [1.165, 1.54) is 0 Å². The van der Waals surface area contributed by atoms with Crippen molar-refractivity contribution in [1.82, 2.24) is 10.6 Å². The zero-order valence-electron chi connectivity index (χ0n) is 17.6. The maximum absolute atomic E-state index is 11.3. The van der Waals surface area contributed by atoms with Gasteiger partial charge in [0.05, 0.1) is 12.6 Å². The molecule has 0 radical (unpaired) electrons. The third kappa shape index (κ3) is 7.25. The van der Waals surface area contributed by atoms with E-state index in [-0.39, 0.29) is 18.4 Å². The first-order chi connectivity index (χ1) is 13.3. The summed E-state index contributed by atoms with van der Waals surface area (Å²) < 4.78 is 5.92. The fourth-order valence-corrected chi connectivity index (χ4v) is 3.09. The minimum Gasteiger partial charge on any atom is -0.493 e. The van der Waals surface area contributed by atoms with E-state index in [1.807, 2.05) is 25.3 Å². The molecule has 0 bridgehead atoms. The average molecular weight is 391 g/mol. The summed E-state index contributed by atoms with van der Waals surface area (Å²) in [5.41, 5.74) is 2.97. The summed E-state index contributed by atoms with van der Waals surface area (Å²) >= 11 is 0. The van der Waals surface area contributed by atoms with E-state index < -0.39 is 5.97 Å². The molecule has 0 saturated carbocycles. The number of carboxylic acids is 1. The third-order valence-electron chi connectivity index (χ3n) is 4.61. The zero-order valence-corrected chi connectivity index (χ0v) is 17.6. The Morgan fingerprint density at radius 3 is 2.54 bits per heavy atom. The van der Waals surface area contributed by atoms with Gasteiger partial charge in [0.2, 0.25) is 6.41 Å². The molecule has 6 nitrogen and oxygen atoms in total. The van der Waals surface area contributed by atoms with Gasteiger partial charge in [-0.3, -0.25) is 9.59 Å². The Bertz CT molecular complexity index is 671. The summed E-state index contributed by atoms with van der Waals surface area (Å²) in [6, 6.07) is 5.64. The van der Waals surface area contributed by atoms with E-state index in [0.717, 1.165) is 28.9 Å². The normalized spacial score (nSPS) is 13.7. The number of carboxylic acid groups (broad SMARTS) is 1. The van der Waals surface area contributed by atoms with Crippen LogP contribution < -0.4 is 15.4 Å². The molecule has 0 aromatic heterocycles. The van der Waals surface area contributed by atoms with Crippen LogP contribution in [-0.2, 0) is 16.0 Å². The van der Waals surface area contributed by atoms with Gasteiger partial charge in [-0.05, 0) is 59.7 Å². The molecule has 1 aromatic rings. The van der Waals surface area contributed by atoms with Crippen LogP contribution in [0.3, 0.4) is 0 Å². The van der Waals surface area contributed by atoms with E-state index in [1.54, 1.807) is 7.05 Å². The lowest BCUT2D eigenvalue weighted by atomic mass is 9.86. The molecule has 0 spiro atoms. The van der Waals surface area contributed by atoms with E-state index in [0.29, 0.717) is 25.4 Å². The summed E-state index contributed by atoms with van der Waals surface area (Å²) in [6.45, 7) is 8.92. The van der Waals surface area contributed by atoms with Crippen molar-refractivity contribution < 1.29 is 19.4 Å². The van der Waals surface area contributed by atoms with E-state index in [4.69, 9.17) is 9.84 Å². The van der Waals surface area contributed by atoms with Gasteiger partial charge in [-0.1, -0.05) is 33.8 Å². The molecule has 1 amide bonds. The monoisotopic (exact) mass is 390 g/mol. The highest BCUT2D eigenvalue weighted by Gasteiger charge is 2.23. The predicted molar refractivity (Wildman–Crippen MR) is 111 cm³/mol. The summed E-state index contributed by atoms with van der Waals surface area (Å²) in [4.78, 5) is 22.3. The smallest absolute Gasteiger partial charge is 0.303 e. The Morgan fingerprint density at radius 2 is 2.00 bits per heavy atom. The van der Waals surface area contributed by atoms with Crippen LogP contribution in [0.15, 0.2) is 30.0 Å². The van der Waals surface area contributed by atoms with E-state index >= 15 is 0 Å². The number of benzene rings is 1. The lowest BCUT2D eigenvalue weighted by Gasteiger charge is -2.26. The number of aryl methyl sites for hydroxylation is 1. The fourth-order valence-electron chi connectivity index (χ4n) is 3.09. The van der Waals surface area contributed by atoms with Gasteiger partial charge in [0.1, 0.15) is 5.75 Å². The molecule has 2 unspecified atom stereocenters. The molecule has 0 aliphatic rings. The standard InChI is InChI=1S/C22H34N2O4/c1-6-17-11-18(8-9-20(17)28-13-15(2)3)22(24-14-25)19(12-23-5)16(4)7-10-21(26)27/h8-9,11-12,14-16,22-23H,6-7,10,13H2,1-5H3,(H,24,25)(H,26,27)/b19-12-. The average Bonchev–Trinajstić information content (AvgIpc) is 2.67. The van der Waals surface area contributed by atoms with Crippen LogP contribution in [0.25, 0.3) is 0 Å². The van der Waals surface area contributed by atoms with Crippen molar-refractivity contribution in [1.29, 1.82) is 0 Å². The third-order valence-corrected chi connectivity index (χ3v) is 4.61. The van der Waals surface area contributed by atoms with Gasteiger partial charge in [-0.15, -0.1) is 0 Å². The minimum absolute atomic E-state index is 0.0112. The van der Waals surface area contributed by atoms with Crippen LogP contribution >= 0.6 is 0 Å². The van der Waals surface area contributed by atoms with E-state index in [2.05, 4.69) is 37.5 Å². The van der Waals surface area contributed by atoms with Crippen LogP contribution in [0.2, 0.25) is 0 Å². The van der Waals surface area contributed by atoms with Crippen molar-refractivity contribution in [2.75, 3.05) is 13.7 Å². The Hall–Kier alpha value is -2.50. The van der Waals surface area contributed by atoms with Crippen molar-refractivity contribution in [2.45, 2.75) is 53.0 Å². The Balaban J connectivity index is 3.21. The number of amides is 1. The Kier molecular flexibility index (Phi) is 10.1. The maximum Gasteiger partial charge on any atom is 0.303 e. The first-order valence-electron chi connectivity index (χ1n) is 9.88. The van der Waals surface area contributed by atoms with Gasteiger partial charge in [-0.25, -0.2) is 0 Å². The van der Waals surface area contributed by atoms with E-state index in [9.17, 15) is 9.59 Å². The quantitative estimate of drug-likeness (QED) is 0.447. The van der Waals surface area contributed by atoms with Crippen molar-refractivity contribution in [2.24, 2.45) is 11.8 Å². The highest BCUT2D eigenvalue weighted by atomic mass is 16.5. The Morgan fingerprint density at radius 1 is 1.29 bits per heavy atom. The molecule has 6 heteroatoms. The van der Waals surface area contributed by atoms with Crippen LogP contribution in [-0.4, -0.2) is 31.1 Å². The highest BCUT2D eigenvalue weighted by Crippen LogP contribution is 2.32. The lowest BCUT2D eigenvalue weighted by molar-refractivity contribution is -0.137. The highest BCUT2D eigenvalue weighted by molar-refractivity contribution is 5.66. The van der Waals surface area contributed by atoms with Gasteiger partial charge in [0.25, 0.3) is 0 Å². The molecule has 0 fully saturated rings. The molecule has 1 aromatic carbocycles. The van der Waals surface area contributed by atoms with Gasteiger partial charge in [0.15, 0.2) is 0 Å². The minimum atomic E-state index is -0.824. The molecule has 0 aliphatic heterocycles. The molecule has 156 valence electrons. The van der Waals surface area contributed by atoms with Gasteiger partial charge in [0, 0.05) is 13.5 Å². The summed E-state index contributed by atoms with van der Waals surface area (Å²) in [5.74, 6) is 0.468. The van der Waals surface area contributed by atoms with Gasteiger partial charge < -0.3 is 20.5 Å². The zero-order chi connectivity index (χ0) is 21.1. The second-order valence-electron chi connectivity index (χ2n) is 7.41. The summed E-state index contributed by atoms with van der Waals surface area (Å²) in [6.07, 6.45) is 3.93. The second-order valence-corrected chi connectivity index (χ2v) is 7.41. The molecule has 0 aliphatic carbocycles. The SMILES string of the molecule is CCc1cc(C(NC=O)/C(=C\NC)C(C)CCC(=O)O)ccc1OCC(C)C. The van der Waals surface area contributed by atoms with Crippen molar-refractivity contribution >= 4 is 12.4 Å².